The van der Waals surface area contributed by atoms with Gasteiger partial charge in [-0.25, -0.2) is 9.67 Å². The van der Waals surface area contributed by atoms with Gasteiger partial charge in [-0.2, -0.15) is 5.10 Å². The van der Waals surface area contributed by atoms with Gasteiger partial charge >= 0.3 is 0 Å². The fourth-order valence-corrected chi connectivity index (χ4v) is 2.99. The number of rotatable bonds is 4. The van der Waals surface area contributed by atoms with Crippen molar-refractivity contribution in [3.8, 4) is 5.69 Å². The van der Waals surface area contributed by atoms with Crippen LogP contribution in [-0.4, -0.2) is 25.1 Å². The number of pyridine rings is 1. The Kier molecular flexibility index (Phi) is 4.01. The molecule has 4 rings (SSSR count). The lowest BCUT2D eigenvalue weighted by atomic mass is 10.2. The lowest BCUT2D eigenvalue weighted by Crippen LogP contribution is -2.22. The number of amides is 1. The standard InChI is InChI=1S/C20H19N5O/c1-14-11-15(2)25(23-14)18-8-6-16(7-9-18)20(26)21-12-17-13-24-10-4-3-5-19(24)22-17/h3-11,13H,12H2,1-2H3,(H,21,26). The highest BCUT2D eigenvalue weighted by Gasteiger charge is 2.09. The molecule has 0 fully saturated rings. The van der Waals surface area contributed by atoms with Gasteiger partial charge in [0.25, 0.3) is 5.91 Å². The molecule has 1 aromatic carbocycles. The summed E-state index contributed by atoms with van der Waals surface area (Å²) in [6.07, 6.45) is 3.85. The minimum Gasteiger partial charge on any atom is -0.346 e. The molecule has 0 aliphatic heterocycles. The van der Waals surface area contributed by atoms with Crippen LogP contribution in [0, 0.1) is 13.8 Å². The molecular weight excluding hydrogens is 326 g/mol. The molecule has 26 heavy (non-hydrogen) atoms. The maximum atomic E-state index is 12.4. The molecule has 130 valence electrons. The fraction of sp³-hybridized carbons (Fsp3) is 0.150. The topological polar surface area (TPSA) is 64.2 Å². The molecule has 1 amide bonds. The van der Waals surface area contributed by atoms with Crippen molar-refractivity contribution in [3.63, 3.8) is 0 Å². The summed E-state index contributed by atoms with van der Waals surface area (Å²) >= 11 is 0. The van der Waals surface area contributed by atoms with Crippen LogP contribution in [0.3, 0.4) is 0 Å². The van der Waals surface area contributed by atoms with Gasteiger partial charge in [0.2, 0.25) is 0 Å². The Labute approximate surface area is 151 Å². The normalized spacial score (nSPS) is 11.0. The minimum atomic E-state index is -0.123. The van der Waals surface area contributed by atoms with Crippen molar-refractivity contribution in [1.82, 2.24) is 24.5 Å². The highest BCUT2D eigenvalue weighted by Crippen LogP contribution is 2.13. The minimum absolute atomic E-state index is 0.123. The summed E-state index contributed by atoms with van der Waals surface area (Å²) in [5.74, 6) is -0.123. The molecule has 3 heterocycles. The first-order chi connectivity index (χ1) is 12.6. The average molecular weight is 345 g/mol. The Morgan fingerprint density at radius 3 is 2.62 bits per heavy atom. The van der Waals surface area contributed by atoms with Gasteiger partial charge in [-0.3, -0.25) is 4.79 Å². The molecule has 6 nitrogen and oxygen atoms in total. The monoisotopic (exact) mass is 345 g/mol. The zero-order chi connectivity index (χ0) is 18.1. The first-order valence-corrected chi connectivity index (χ1v) is 8.45. The molecule has 0 saturated carbocycles. The van der Waals surface area contributed by atoms with E-state index in [4.69, 9.17) is 0 Å². The van der Waals surface area contributed by atoms with E-state index >= 15 is 0 Å². The van der Waals surface area contributed by atoms with Gasteiger partial charge < -0.3 is 9.72 Å². The number of carbonyl (C=O) groups excluding carboxylic acids is 1. The van der Waals surface area contributed by atoms with Gasteiger partial charge in [0.1, 0.15) is 5.65 Å². The first kappa shape index (κ1) is 16.1. The van der Waals surface area contributed by atoms with Crippen molar-refractivity contribution in [3.05, 3.63) is 83.6 Å². The predicted octanol–water partition coefficient (Wildman–Crippen LogP) is 3.07. The van der Waals surface area contributed by atoms with E-state index in [0.717, 1.165) is 28.4 Å². The van der Waals surface area contributed by atoms with Crippen molar-refractivity contribution in [2.75, 3.05) is 0 Å². The molecule has 4 aromatic rings. The van der Waals surface area contributed by atoms with Crippen LogP contribution in [-0.2, 0) is 6.54 Å². The Morgan fingerprint density at radius 2 is 1.92 bits per heavy atom. The third-order valence-electron chi connectivity index (χ3n) is 4.23. The molecule has 0 saturated heterocycles. The van der Waals surface area contributed by atoms with Crippen LogP contribution >= 0.6 is 0 Å². The predicted molar refractivity (Wildman–Crippen MR) is 99.4 cm³/mol. The fourth-order valence-electron chi connectivity index (χ4n) is 2.99. The second kappa shape index (κ2) is 6.48. The van der Waals surface area contributed by atoms with E-state index in [0.29, 0.717) is 12.1 Å². The van der Waals surface area contributed by atoms with Gasteiger partial charge in [0.15, 0.2) is 0 Å². The lowest BCUT2D eigenvalue weighted by molar-refractivity contribution is 0.0950. The second-order valence-electron chi connectivity index (χ2n) is 6.27. The van der Waals surface area contributed by atoms with Crippen LogP contribution in [0.2, 0.25) is 0 Å². The number of hydrogen-bond donors (Lipinski definition) is 1. The van der Waals surface area contributed by atoms with E-state index in [1.807, 2.05) is 83.9 Å². The van der Waals surface area contributed by atoms with Crippen molar-refractivity contribution in [2.24, 2.45) is 0 Å². The first-order valence-electron chi connectivity index (χ1n) is 8.45. The number of imidazole rings is 1. The van der Waals surface area contributed by atoms with Crippen molar-refractivity contribution in [2.45, 2.75) is 20.4 Å². The summed E-state index contributed by atoms with van der Waals surface area (Å²) in [5, 5.41) is 7.37. The number of aryl methyl sites for hydroxylation is 2. The lowest BCUT2D eigenvalue weighted by Gasteiger charge is -2.07. The number of carbonyl (C=O) groups is 1. The third-order valence-corrected chi connectivity index (χ3v) is 4.23. The maximum absolute atomic E-state index is 12.4. The molecule has 0 aliphatic rings. The average Bonchev–Trinajstić information content (AvgIpc) is 3.22. The number of fused-ring (bicyclic) bond motifs is 1. The molecule has 3 aromatic heterocycles. The van der Waals surface area contributed by atoms with Crippen molar-refractivity contribution < 1.29 is 4.79 Å². The van der Waals surface area contributed by atoms with Crippen LogP contribution in [0.1, 0.15) is 27.4 Å². The van der Waals surface area contributed by atoms with E-state index in [9.17, 15) is 4.79 Å². The molecule has 0 bridgehead atoms. The number of hydrogen-bond acceptors (Lipinski definition) is 3. The summed E-state index contributed by atoms with van der Waals surface area (Å²) in [6, 6.07) is 15.3. The number of benzene rings is 1. The molecule has 6 heteroatoms. The molecular formula is C20H19N5O. The van der Waals surface area contributed by atoms with E-state index in [1.165, 1.54) is 0 Å². The summed E-state index contributed by atoms with van der Waals surface area (Å²) in [5.41, 5.74) is 5.27. The van der Waals surface area contributed by atoms with Gasteiger partial charge in [0.05, 0.1) is 23.6 Å². The zero-order valence-electron chi connectivity index (χ0n) is 14.7. The summed E-state index contributed by atoms with van der Waals surface area (Å²) in [6.45, 7) is 4.36. The Hall–Kier alpha value is -3.41. The molecule has 0 spiro atoms. The van der Waals surface area contributed by atoms with Gasteiger partial charge in [-0.05, 0) is 56.3 Å². The van der Waals surface area contributed by atoms with E-state index < -0.39 is 0 Å². The van der Waals surface area contributed by atoms with Gasteiger partial charge in [-0.1, -0.05) is 6.07 Å². The molecule has 0 atom stereocenters. The number of aromatic nitrogens is 4. The Balaban J connectivity index is 1.45. The molecule has 1 N–H and O–H groups in total. The van der Waals surface area contributed by atoms with Crippen LogP contribution in [0.5, 0.6) is 0 Å². The van der Waals surface area contributed by atoms with Crippen LogP contribution in [0.25, 0.3) is 11.3 Å². The van der Waals surface area contributed by atoms with E-state index in [1.54, 1.807) is 0 Å². The Bertz CT molecular complexity index is 1040. The second-order valence-corrected chi connectivity index (χ2v) is 6.27. The summed E-state index contributed by atoms with van der Waals surface area (Å²) in [4.78, 5) is 16.9. The van der Waals surface area contributed by atoms with Crippen LogP contribution in [0.4, 0.5) is 0 Å². The van der Waals surface area contributed by atoms with Gasteiger partial charge in [0, 0.05) is 23.7 Å². The maximum Gasteiger partial charge on any atom is 0.251 e. The quantitative estimate of drug-likeness (QED) is 0.618. The highest BCUT2D eigenvalue weighted by atomic mass is 16.1. The SMILES string of the molecule is Cc1cc(C)n(-c2ccc(C(=O)NCc3cn4ccccc4n3)cc2)n1. The van der Waals surface area contributed by atoms with Crippen LogP contribution in [0.15, 0.2) is 60.9 Å². The summed E-state index contributed by atoms with van der Waals surface area (Å²) in [7, 11) is 0. The molecule has 0 unspecified atom stereocenters. The number of nitrogens with zero attached hydrogens (tertiary/aromatic N) is 4. The Morgan fingerprint density at radius 1 is 1.12 bits per heavy atom. The third kappa shape index (κ3) is 3.09. The van der Waals surface area contributed by atoms with Crippen LogP contribution < -0.4 is 5.32 Å². The smallest absolute Gasteiger partial charge is 0.251 e. The van der Waals surface area contributed by atoms with E-state index in [-0.39, 0.29) is 5.91 Å². The highest BCUT2D eigenvalue weighted by molar-refractivity contribution is 5.94. The number of nitrogens with one attached hydrogen (secondary N) is 1. The molecule has 0 radical (unpaired) electrons. The zero-order valence-corrected chi connectivity index (χ0v) is 14.7. The van der Waals surface area contributed by atoms with E-state index in [2.05, 4.69) is 15.4 Å². The largest absolute Gasteiger partial charge is 0.346 e. The van der Waals surface area contributed by atoms with Crippen molar-refractivity contribution >= 4 is 11.6 Å². The molecule has 0 aliphatic carbocycles. The van der Waals surface area contributed by atoms with Crippen molar-refractivity contribution in [1.29, 1.82) is 0 Å². The van der Waals surface area contributed by atoms with Gasteiger partial charge in [-0.15, -0.1) is 0 Å². The summed E-state index contributed by atoms with van der Waals surface area (Å²) < 4.78 is 3.80.